The predicted molar refractivity (Wildman–Crippen MR) is 116 cm³/mol. The van der Waals surface area contributed by atoms with Gasteiger partial charge < -0.3 is 20.1 Å². The lowest BCUT2D eigenvalue weighted by molar-refractivity contribution is 0.132. The van der Waals surface area contributed by atoms with E-state index in [1.807, 2.05) is 0 Å². The van der Waals surface area contributed by atoms with Gasteiger partial charge in [0.05, 0.1) is 15.7 Å². The van der Waals surface area contributed by atoms with Crippen LogP contribution in [-0.4, -0.2) is 50.2 Å². The topological polar surface area (TPSA) is 100 Å². The van der Waals surface area contributed by atoms with Crippen molar-refractivity contribution in [2.75, 3.05) is 18.4 Å². The molecule has 0 aliphatic carbocycles. The number of rotatable bonds is 5. The fraction of sp³-hybridized carbons (Fsp3) is 0.238. The zero-order valence-electron chi connectivity index (χ0n) is 16.6. The Morgan fingerprint density at radius 1 is 1.19 bits per heavy atom. The summed E-state index contributed by atoms with van der Waals surface area (Å²) in [6.07, 6.45) is 3.57. The SMILES string of the molecule is O=C(O)N1CCC[C@H](Nc2nccc(-c3cccnc3Oc3ccc(Br)c(F)c3F)n2)C1. The maximum absolute atomic E-state index is 14.3. The lowest BCUT2D eigenvalue weighted by atomic mass is 10.1. The van der Waals surface area contributed by atoms with Crippen LogP contribution in [0.5, 0.6) is 11.6 Å². The lowest BCUT2D eigenvalue weighted by Gasteiger charge is -2.31. The third-order valence-electron chi connectivity index (χ3n) is 4.93. The molecule has 0 spiro atoms. The Bertz CT molecular complexity index is 1150. The number of amides is 1. The van der Waals surface area contributed by atoms with Gasteiger partial charge in [0.1, 0.15) is 0 Å². The zero-order chi connectivity index (χ0) is 22.7. The molecule has 0 unspecified atom stereocenters. The van der Waals surface area contributed by atoms with E-state index >= 15 is 0 Å². The summed E-state index contributed by atoms with van der Waals surface area (Å²) in [5, 5.41) is 12.4. The number of benzene rings is 1. The van der Waals surface area contributed by atoms with E-state index < -0.39 is 17.7 Å². The van der Waals surface area contributed by atoms with Crippen LogP contribution < -0.4 is 10.1 Å². The standard InChI is InChI=1S/C21H18BrF2N5O3/c22-14-5-6-16(18(24)17(14)23)32-19-13(4-1-8-25-19)15-7-9-26-20(28-15)27-12-3-2-10-29(11-12)21(30)31/h1,4-9,12H,2-3,10-11H2,(H,30,31)(H,26,27,28)/t12-/m0/s1. The Balaban J connectivity index is 1.58. The average molecular weight is 506 g/mol. The Labute approximate surface area is 190 Å². The van der Waals surface area contributed by atoms with E-state index in [1.54, 1.807) is 24.4 Å². The maximum Gasteiger partial charge on any atom is 0.407 e. The summed E-state index contributed by atoms with van der Waals surface area (Å²) in [7, 11) is 0. The monoisotopic (exact) mass is 505 g/mol. The highest BCUT2D eigenvalue weighted by atomic mass is 79.9. The Hall–Kier alpha value is -3.34. The molecule has 1 aromatic carbocycles. The molecule has 3 heterocycles. The summed E-state index contributed by atoms with van der Waals surface area (Å²) in [5.41, 5.74) is 0.908. The summed E-state index contributed by atoms with van der Waals surface area (Å²) >= 11 is 2.93. The Kier molecular flexibility index (Phi) is 6.45. The molecule has 1 aliphatic rings. The number of piperidine rings is 1. The van der Waals surface area contributed by atoms with Crippen molar-refractivity contribution in [1.82, 2.24) is 19.9 Å². The first-order valence-electron chi connectivity index (χ1n) is 9.76. The second kappa shape index (κ2) is 9.43. The van der Waals surface area contributed by atoms with Crippen LogP contribution in [0.3, 0.4) is 0 Å². The third kappa shape index (κ3) is 4.77. The van der Waals surface area contributed by atoms with Gasteiger partial charge in [0.15, 0.2) is 11.6 Å². The first-order chi connectivity index (χ1) is 15.4. The molecule has 1 atom stereocenters. The van der Waals surface area contributed by atoms with Crippen LogP contribution in [0.4, 0.5) is 19.5 Å². The van der Waals surface area contributed by atoms with Crippen LogP contribution >= 0.6 is 15.9 Å². The molecule has 8 nitrogen and oxygen atoms in total. The highest BCUT2D eigenvalue weighted by molar-refractivity contribution is 9.10. The quantitative estimate of drug-likeness (QED) is 0.474. The van der Waals surface area contributed by atoms with Gasteiger partial charge in [-0.1, -0.05) is 0 Å². The van der Waals surface area contributed by atoms with Gasteiger partial charge in [0.25, 0.3) is 0 Å². The van der Waals surface area contributed by atoms with Crippen molar-refractivity contribution in [1.29, 1.82) is 0 Å². The van der Waals surface area contributed by atoms with E-state index in [0.717, 1.165) is 12.8 Å². The average Bonchev–Trinajstić information content (AvgIpc) is 2.80. The van der Waals surface area contributed by atoms with Crippen molar-refractivity contribution in [3.05, 3.63) is 58.8 Å². The molecule has 3 aromatic rings. The van der Waals surface area contributed by atoms with Gasteiger partial charge in [-0.15, -0.1) is 0 Å². The summed E-state index contributed by atoms with van der Waals surface area (Å²) in [6, 6.07) is 7.51. The van der Waals surface area contributed by atoms with E-state index in [9.17, 15) is 18.7 Å². The van der Waals surface area contributed by atoms with E-state index in [1.165, 1.54) is 23.2 Å². The van der Waals surface area contributed by atoms with Gasteiger partial charge in [0.2, 0.25) is 17.6 Å². The molecule has 0 bridgehead atoms. The van der Waals surface area contributed by atoms with E-state index in [2.05, 4.69) is 36.2 Å². The summed E-state index contributed by atoms with van der Waals surface area (Å²) in [5.74, 6) is -2.14. The van der Waals surface area contributed by atoms with Crippen molar-refractivity contribution in [2.45, 2.75) is 18.9 Å². The van der Waals surface area contributed by atoms with Crippen molar-refractivity contribution in [2.24, 2.45) is 0 Å². The first-order valence-corrected chi connectivity index (χ1v) is 10.6. The number of ether oxygens (including phenoxy) is 1. The number of nitrogens with one attached hydrogen (secondary N) is 1. The van der Waals surface area contributed by atoms with Gasteiger partial charge in [0, 0.05) is 31.5 Å². The van der Waals surface area contributed by atoms with Crippen LogP contribution in [0.15, 0.2) is 47.2 Å². The van der Waals surface area contributed by atoms with E-state index in [4.69, 9.17) is 4.74 Å². The highest BCUT2D eigenvalue weighted by Gasteiger charge is 2.24. The zero-order valence-corrected chi connectivity index (χ0v) is 18.2. The molecular formula is C21H18BrF2N5O3. The molecule has 2 N–H and O–H groups in total. The summed E-state index contributed by atoms with van der Waals surface area (Å²) in [6.45, 7) is 0.830. The largest absolute Gasteiger partial charge is 0.465 e. The molecule has 32 heavy (non-hydrogen) atoms. The van der Waals surface area contributed by atoms with Crippen LogP contribution in [0.1, 0.15) is 12.8 Å². The van der Waals surface area contributed by atoms with Crippen LogP contribution in [-0.2, 0) is 0 Å². The van der Waals surface area contributed by atoms with Crippen molar-refractivity contribution >= 4 is 28.0 Å². The minimum atomic E-state index is -1.14. The van der Waals surface area contributed by atoms with Gasteiger partial charge in [-0.3, -0.25) is 0 Å². The van der Waals surface area contributed by atoms with Crippen molar-refractivity contribution < 1.29 is 23.4 Å². The number of halogens is 3. The fourth-order valence-corrected chi connectivity index (χ4v) is 3.69. The molecular weight excluding hydrogens is 488 g/mol. The molecule has 4 rings (SSSR count). The first kappa shape index (κ1) is 21.9. The molecule has 0 radical (unpaired) electrons. The number of likely N-dealkylation sites (tertiary alicyclic amines) is 1. The van der Waals surface area contributed by atoms with Crippen LogP contribution in [0.25, 0.3) is 11.3 Å². The van der Waals surface area contributed by atoms with Gasteiger partial charge in [-0.05, 0) is 59.1 Å². The van der Waals surface area contributed by atoms with Crippen LogP contribution in [0, 0.1) is 11.6 Å². The number of anilines is 1. The molecule has 1 fully saturated rings. The summed E-state index contributed by atoms with van der Waals surface area (Å²) < 4.78 is 33.7. The molecule has 11 heteroatoms. The smallest absolute Gasteiger partial charge is 0.407 e. The molecule has 1 amide bonds. The number of carboxylic acid groups (broad SMARTS) is 1. The minimum Gasteiger partial charge on any atom is -0.465 e. The third-order valence-corrected chi connectivity index (χ3v) is 5.55. The number of nitrogens with zero attached hydrogens (tertiary/aromatic N) is 4. The Morgan fingerprint density at radius 2 is 2.03 bits per heavy atom. The molecule has 0 saturated carbocycles. The minimum absolute atomic E-state index is 0.0145. The van der Waals surface area contributed by atoms with Crippen molar-refractivity contribution in [3.63, 3.8) is 0 Å². The van der Waals surface area contributed by atoms with Crippen LogP contribution in [0.2, 0.25) is 0 Å². The predicted octanol–water partition coefficient (Wildman–Crippen LogP) is 4.93. The van der Waals surface area contributed by atoms with E-state index in [0.29, 0.717) is 30.3 Å². The van der Waals surface area contributed by atoms with Crippen molar-refractivity contribution in [3.8, 4) is 22.9 Å². The highest BCUT2D eigenvalue weighted by Crippen LogP contribution is 2.34. The summed E-state index contributed by atoms with van der Waals surface area (Å²) in [4.78, 5) is 25.4. The normalized spacial score (nSPS) is 16.0. The molecule has 2 aromatic heterocycles. The second-order valence-electron chi connectivity index (χ2n) is 7.11. The maximum atomic E-state index is 14.3. The fourth-order valence-electron chi connectivity index (χ4n) is 3.39. The number of carbonyl (C=O) groups is 1. The number of pyridine rings is 1. The molecule has 1 aliphatic heterocycles. The number of hydrogen-bond donors (Lipinski definition) is 2. The van der Waals surface area contributed by atoms with Gasteiger partial charge >= 0.3 is 6.09 Å². The van der Waals surface area contributed by atoms with Gasteiger partial charge in [-0.25, -0.2) is 24.1 Å². The second-order valence-corrected chi connectivity index (χ2v) is 7.96. The number of aromatic nitrogens is 3. The number of hydrogen-bond acceptors (Lipinski definition) is 6. The molecule has 166 valence electrons. The Morgan fingerprint density at radius 3 is 2.84 bits per heavy atom. The van der Waals surface area contributed by atoms with E-state index in [-0.39, 0.29) is 22.1 Å². The lowest BCUT2D eigenvalue weighted by Crippen LogP contribution is -2.44. The van der Waals surface area contributed by atoms with Gasteiger partial charge in [-0.2, -0.15) is 4.39 Å². The molecule has 1 saturated heterocycles.